The number of ketones is 1. The summed E-state index contributed by atoms with van der Waals surface area (Å²) in [5.74, 6) is 1.82. The molecule has 0 aromatic heterocycles. The van der Waals surface area contributed by atoms with Crippen LogP contribution in [0.5, 0.6) is 0 Å². The number of hydrogen-bond acceptors (Lipinski definition) is 1. The van der Waals surface area contributed by atoms with Crippen LogP contribution in [-0.2, 0) is 4.79 Å². The molecule has 4 aliphatic carbocycles. The summed E-state index contributed by atoms with van der Waals surface area (Å²) in [6, 6.07) is 0. The summed E-state index contributed by atoms with van der Waals surface area (Å²) in [5.41, 5.74) is 2.46. The lowest BCUT2D eigenvalue weighted by Gasteiger charge is -2.07. The van der Waals surface area contributed by atoms with Gasteiger partial charge < -0.3 is 0 Å². The fourth-order valence-corrected chi connectivity index (χ4v) is 3.24. The van der Waals surface area contributed by atoms with Crippen molar-refractivity contribution in [3.05, 3.63) is 24.3 Å². The molecule has 1 nitrogen and oxygen atoms in total. The van der Waals surface area contributed by atoms with Gasteiger partial charge in [0.15, 0.2) is 0 Å². The van der Waals surface area contributed by atoms with Crippen LogP contribution in [-0.4, -0.2) is 5.78 Å². The Kier molecular flexibility index (Phi) is 0.711. The third kappa shape index (κ3) is 0.379. The van der Waals surface area contributed by atoms with Gasteiger partial charge in [-0.1, -0.05) is 24.3 Å². The van der Waals surface area contributed by atoms with E-state index in [1.807, 2.05) is 0 Å². The van der Waals surface area contributed by atoms with Gasteiger partial charge in [0.25, 0.3) is 0 Å². The predicted molar refractivity (Wildman–Crippen MR) is 41.9 cm³/mol. The molecule has 0 amide bonds. The molecule has 11 heavy (non-hydrogen) atoms. The average molecular weight is 146 g/mol. The van der Waals surface area contributed by atoms with Crippen molar-refractivity contribution in [2.45, 2.75) is 6.42 Å². The van der Waals surface area contributed by atoms with Crippen LogP contribution in [0, 0.1) is 23.7 Å². The van der Waals surface area contributed by atoms with Crippen molar-refractivity contribution in [2.24, 2.45) is 23.7 Å². The van der Waals surface area contributed by atoms with Crippen LogP contribution in [0.15, 0.2) is 24.3 Å². The average Bonchev–Trinajstić information content (AvgIpc) is 2.55. The van der Waals surface area contributed by atoms with Gasteiger partial charge in [0.05, 0.1) is 0 Å². The molecule has 0 aliphatic heterocycles. The van der Waals surface area contributed by atoms with E-state index >= 15 is 0 Å². The Morgan fingerprint density at radius 1 is 1.09 bits per heavy atom. The van der Waals surface area contributed by atoms with E-state index in [-0.39, 0.29) is 5.92 Å². The molecular weight excluding hydrogens is 136 g/mol. The molecule has 0 saturated heterocycles. The highest BCUT2D eigenvalue weighted by atomic mass is 16.1. The first-order valence-corrected chi connectivity index (χ1v) is 4.13. The highest BCUT2D eigenvalue weighted by molar-refractivity contribution is 5.96. The monoisotopic (exact) mass is 146 g/mol. The van der Waals surface area contributed by atoms with Crippen LogP contribution < -0.4 is 0 Å². The van der Waals surface area contributed by atoms with Gasteiger partial charge in [-0.15, -0.1) is 0 Å². The van der Waals surface area contributed by atoms with Crippen LogP contribution in [0.1, 0.15) is 6.42 Å². The van der Waals surface area contributed by atoms with Crippen LogP contribution in [0.3, 0.4) is 0 Å². The summed E-state index contributed by atoms with van der Waals surface area (Å²) in [4.78, 5) is 11.5. The number of carbonyl (C=O) groups is 1. The highest BCUT2D eigenvalue weighted by Gasteiger charge is 2.63. The molecule has 4 aliphatic rings. The minimum atomic E-state index is 0.192. The van der Waals surface area contributed by atoms with Crippen molar-refractivity contribution in [1.29, 1.82) is 0 Å². The van der Waals surface area contributed by atoms with E-state index in [4.69, 9.17) is 0 Å². The SMILES string of the molecule is C=C1C2CC3C(=O)C2C(=C)C13. The molecule has 4 fully saturated rings. The van der Waals surface area contributed by atoms with Gasteiger partial charge in [-0.3, -0.25) is 4.79 Å². The summed E-state index contributed by atoms with van der Waals surface area (Å²) in [6.45, 7) is 8.01. The normalized spacial score (nSPS) is 51.8. The molecule has 4 saturated carbocycles. The molecule has 4 unspecified atom stereocenters. The molecule has 4 atom stereocenters. The van der Waals surface area contributed by atoms with Crippen molar-refractivity contribution in [3.8, 4) is 0 Å². The summed E-state index contributed by atoms with van der Waals surface area (Å²) in [5, 5.41) is 0. The molecule has 4 bridgehead atoms. The Hall–Kier alpha value is -0.850. The largest absolute Gasteiger partial charge is 0.299 e. The number of allylic oxidation sites excluding steroid dienone is 2. The van der Waals surface area contributed by atoms with Crippen LogP contribution in [0.2, 0.25) is 0 Å². The molecule has 0 N–H and O–H groups in total. The van der Waals surface area contributed by atoms with Crippen LogP contribution in [0.25, 0.3) is 0 Å². The van der Waals surface area contributed by atoms with Gasteiger partial charge in [0.1, 0.15) is 5.78 Å². The Labute approximate surface area is 65.8 Å². The quantitative estimate of drug-likeness (QED) is 0.474. The van der Waals surface area contributed by atoms with Crippen molar-refractivity contribution in [2.75, 3.05) is 0 Å². The van der Waals surface area contributed by atoms with Crippen molar-refractivity contribution in [3.63, 3.8) is 0 Å². The van der Waals surface area contributed by atoms with Crippen LogP contribution >= 0.6 is 0 Å². The van der Waals surface area contributed by atoms with E-state index in [0.717, 1.165) is 6.42 Å². The Morgan fingerprint density at radius 2 is 1.82 bits per heavy atom. The molecule has 0 heterocycles. The first kappa shape index (κ1) is 5.76. The first-order valence-electron chi connectivity index (χ1n) is 4.13. The fourth-order valence-electron chi connectivity index (χ4n) is 3.24. The smallest absolute Gasteiger partial charge is 0.144 e. The topological polar surface area (TPSA) is 17.1 Å². The third-order valence-electron chi connectivity index (χ3n) is 3.66. The first-order chi connectivity index (χ1) is 5.22. The van der Waals surface area contributed by atoms with Gasteiger partial charge >= 0.3 is 0 Å². The standard InChI is InChI=1S/C10H10O/c1-4-6-3-7-8(4)5(2)9(6)10(7)11/h6-9H,1-3H2. The second-order valence-electron chi connectivity index (χ2n) is 3.96. The molecule has 0 spiro atoms. The third-order valence-corrected chi connectivity index (χ3v) is 3.66. The van der Waals surface area contributed by atoms with Gasteiger partial charge in [0, 0.05) is 17.8 Å². The van der Waals surface area contributed by atoms with Gasteiger partial charge in [0.2, 0.25) is 0 Å². The lowest BCUT2D eigenvalue weighted by Crippen LogP contribution is -2.13. The second kappa shape index (κ2) is 1.36. The zero-order valence-corrected chi connectivity index (χ0v) is 6.34. The summed E-state index contributed by atoms with van der Waals surface area (Å²) < 4.78 is 0. The second-order valence-corrected chi connectivity index (χ2v) is 3.96. The number of hydrogen-bond donors (Lipinski definition) is 0. The molecule has 0 aromatic rings. The number of rotatable bonds is 0. The fraction of sp³-hybridized carbons (Fsp3) is 0.500. The Morgan fingerprint density at radius 3 is 2.18 bits per heavy atom. The zero-order chi connectivity index (χ0) is 7.75. The van der Waals surface area contributed by atoms with E-state index < -0.39 is 0 Å². The molecule has 0 aromatic carbocycles. The Bertz CT molecular complexity index is 272. The number of Topliss-reactive ketones (excluding diaryl/α,β-unsaturated/α-hetero) is 1. The molecule has 56 valence electrons. The molecule has 0 radical (unpaired) electrons. The van der Waals surface area contributed by atoms with E-state index in [0.29, 0.717) is 23.5 Å². The van der Waals surface area contributed by atoms with Crippen LogP contribution in [0.4, 0.5) is 0 Å². The van der Waals surface area contributed by atoms with Crippen molar-refractivity contribution < 1.29 is 4.79 Å². The predicted octanol–water partition coefficient (Wildman–Crippen LogP) is 1.56. The maximum Gasteiger partial charge on any atom is 0.144 e. The van der Waals surface area contributed by atoms with Gasteiger partial charge in [-0.05, 0) is 12.3 Å². The lowest BCUT2D eigenvalue weighted by atomic mass is 9.95. The Balaban J connectivity index is 2.26. The lowest BCUT2D eigenvalue weighted by molar-refractivity contribution is -0.122. The highest BCUT2D eigenvalue weighted by Crippen LogP contribution is 2.65. The van der Waals surface area contributed by atoms with Gasteiger partial charge in [-0.2, -0.15) is 0 Å². The molecular formula is C10H10O. The minimum absolute atomic E-state index is 0.192. The maximum atomic E-state index is 11.5. The van der Waals surface area contributed by atoms with E-state index in [1.54, 1.807) is 0 Å². The maximum absolute atomic E-state index is 11.5. The summed E-state index contributed by atoms with van der Waals surface area (Å²) in [6.07, 6.45) is 1.08. The zero-order valence-electron chi connectivity index (χ0n) is 6.34. The van der Waals surface area contributed by atoms with Crippen molar-refractivity contribution in [1.82, 2.24) is 0 Å². The van der Waals surface area contributed by atoms with E-state index in [2.05, 4.69) is 13.2 Å². The number of carbonyl (C=O) groups excluding carboxylic acids is 1. The van der Waals surface area contributed by atoms with E-state index in [1.165, 1.54) is 11.1 Å². The van der Waals surface area contributed by atoms with E-state index in [9.17, 15) is 4.79 Å². The van der Waals surface area contributed by atoms with Gasteiger partial charge in [-0.25, -0.2) is 0 Å². The summed E-state index contributed by atoms with van der Waals surface area (Å²) >= 11 is 0. The molecule has 1 heteroatoms. The summed E-state index contributed by atoms with van der Waals surface area (Å²) in [7, 11) is 0. The minimum Gasteiger partial charge on any atom is -0.299 e. The molecule has 4 rings (SSSR count). The van der Waals surface area contributed by atoms with Crippen molar-refractivity contribution >= 4 is 5.78 Å².